The monoisotopic (exact) mass is 273 g/mol. The molecule has 3 rings (SSSR count). The molecule has 0 spiro atoms. The van der Waals surface area contributed by atoms with Crippen molar-refractivity contribution >= 4 is 0 Å². The van der Waals surface area contributed by atoms with E-state index in [1.54, 1.807) is 0 Å². The molecule has 1 saturated heterocycles. The van der Waals surface area contributed by atoms with Gasteiger partial charge in [-0.2, -0.15) is 4.98 Å². The highest BCUT2D eigenvalue weighted by Crippen LogP contribution is 2.20. The van der Waals surface area contributed by atoms with Gasteiger partial charge < -0.3 is 9.63 Å². The Bertz CT molecular complexity index is 555. The molecule has 106 valence electrons. The van der Waals surface area contributed by atoms with Crippen LogP contribution in [0.3, 0.4) is 0 Å². The van der Waals surface area contributed by atoms with Crippen molar-refractivity contribution in [2.24, 2.45) is 5.92 Å². The van der Waals surface area contributed by atoms with Gasteiger partial charge in [0, 0.05) is 18.7 Å². The van der Waals surface area contributed by atoms with E-state index in [0.29, 0.717) is 24.2 Å². The molecular weight excluding hydrogens is 254 g/mol. The maximum atomic E-state index is 9.74. The average Bonchev–Trinajstić information content (AvgIpc) is 2.92. The van der Waals surface area contributed by atoms with E-state index in [9.17, 15) is 5.11 Å². The minimum atomic E-state index is -0.186. The summed E-state index contributed by atoms with van der Waals surface area (Å²) >= 11 is 0. The lowest BCUT2D eigenvalue weighted by molar-refractivity contribution is 0.0282. The molecular formula is C15H19N3O2. The van der Waals surface area contributed by atoms with E-state index in [4.69, 9.17) is 4.52 Å². The first-order chi connectivity index (χ1) is 9.72. The minimum Gasteiger partial charge on any atom is -0.393 e. The second-order valence-corrected chi connectivity index (χ2v) is 5.45. The Hall–Kier alpha value is -1.72. The molecule has 0 aliphatic carbocycles. The SMILES string of the molecule is CC1CN(Cc2nc(-c3ccccc3)no2)CCC1O. The van der Waals surface area contributed by atoms with E-state index in [-0.39, 0.29) is 6.10 Å². The molecule has 20 heavy (non-hydrogen) atoms. The first-order valence-corrected chi connectivity index (χ1v) is 7.01. The Labute approximate surface area is 118 Å². The molecule has 1 aromatic heterocycles. The first kappa shape index (κ1) is 13.3. The third-order valence-electron chi connectivity index (χ3n) is 3.80. The highest BCUT2D eigenvalue weighted by atomic mass is 16.5. The standard InChI is InChI=1S/C15H19N3O2/c1-11-9-18(8-7-13(11)19)10-14-16-15(17-20-14)12-5-3-2-4-6-12/h2-6,11,13,19H,7-10H2,1H3. The van der Waals surface area contributed by atoms with E-state index in [1.165, 1.54) is 0 Å². The van der Waals surface area contributed by atoms with Crippen LogP contribution in [-0.4, -0.2) is 39.3 Å². The summed E-state index contributed by atoms with van der Waals surface area (Å²) in [5.41, 5.74) is 0.963. The number of aliphatic hydroxyl groups is 1. The van der Waals surface area contributed by atoms with Crippen molar-refractivity contribution in [2.75, 3.05) is 13.1 Å². The van der Waals surface area contributed by atoms with Crippen molar-refractivity contribution in [3.8, 4) is 11.4 Å². The number of rotatable bonds is 3. The Morgan fingerprint density at radius 3 is 2.90 bits per heavy atom. The first-order valence-electron chi connectivity index (χ1n) is 7.01. The molecule has 1 aliphatic heterocycles. The Morgan fingerprint density at radius 1 is 1.35 bits per heavy atom. The van der Waals surface area contributed by atoms with Gasteiger partial charge >= 0.3 is 0 Å². The summed E-state index contributed by atoms with van der Waals surface area (Å²) in [5, 5.41) is 13.8. The van der Waals surface area contributed by atoms with Crippen molar-refractivity contribution in [3.63, 3.8) is 0 Å². The van der Waals surface area contributed by atoms with Crippen LogP contribution in [-0.2, 0) is 6.54 Å². The number of hydrogen-bond donors (Lipinski definition) is 1. The van der Waals surface area contributed by atoms with Crippen LogP contribution in [0.25, 0.3) is 11.4 Å². The summed E-state index contributed by atoms with van der Waals surface area (Å²) in [5.74, 6) is 1.55. The zero-order valence-electron chi connectivity index (χ0n) is 11.6. The predicted octanol–water partition coefficient (Wildman–Crippen LogP) is 1.94. The molecule has 1 aromatic carbocycles. The fourth-order valence-corrected chi connectivity index (χ4v) is 2.58. The maximum absolute atomic E-state index is 9.74. The highest BCUT2D eigenvalue weighted by molar-refractivity contribution is 5.53. The number of likely N-dealkylation sites (tertiary alicyclic amines) is 1. The molecule has 2 unspecified atom stereocenters. The van der Waals surface area contributed by atoms with Crippen LogP contribution >= 0.6 is 0 Å². The van der Waals surface area contributed by atoms with Crippen molar-refractivity contribution in [2.45, 2.75) is 26.0 Å². The lowest BCUT2D eigenvalue weighted by Gasteiger charge is -2.33. The summed E-state index contributed by atoms with van der Waals surface area (Å²) in [6.45, 7) is 4.45. The molecule has 0 bridgehead atoms. The van der Waals surface area contributed by atoms with Crippen LogP contribution in [0.5, 0.6) is 0 Å². The zero-order valence-corrected chi connectivity index (χ0v) is 11.6. The largest absolute Gasteiger partial charge is 0.393 e. The molecule has 1 aliphatic rings. The maximum Gasteiger partial charge on any atom is 0.241 e. The molecule has 0 amide bonds. The van der Waals surface area contributed by atoms with E-state index >= 15 is 0 Å². The lowest BCUT2D eigenvalue weighted by Crippen LogP contribution is -2.41. The fraction of sp³-hybridized carbons (Fsp3) is 0.467. The van der Waals surface area contributed by atoms with Gasteiger partial charge in [0.1, 0.15) is 0 Å². The minimum absolute atomic E-state index is 0.186. The summed E-state index contributed by atoms with van der Waals surface area (Å²) < 4.78 is 5.32. The van der Waals surface area contributed by atoms with Crippen LogP contribution in [0.2, 0.25) is 0 Å². The van der Waals surface area contributed by atoms with Gasteiger partial charge in [-0.05, 0) is 12.3 Å². The predicted molar refractivity (Wildman–Crippen MR) is 74.8 cm³/mol. The lowest BCUT2D eigenvalue weighted by atomic mass is 9.97. The highest BCUT2D eigenvalue weighted by Gasteiger charge is 2.25. The summed E-state index contributed by atoms with van der Waals surface area (Å²) in [4.78, 5) is 6.69. The van der Waals surface area contributed by atoms with Gasteiger partial charge in [-0.15, -0.1) is 0 Å². The van der Waals surface area contributed by atoms with Gasteiger partial charge in [0.05, 0.1) is 12.6 Å². The molecule has 5 nitrogen and oxygen atoms in total. The van der Waals surface area contributed by atoms with E-state index < -0.39 is 0 Å². The Morgan fingerprint density at radius 2 is 2.15 bits per heavy atom. The smallest absolute Gasteiger partial charge is 0.241 e. The van der Waals surface area contributed by atoms with Crippen molar-refractivity contribution in [3.05, 3.63) is 36.2 Å². The number of hydrogen-bond acceptors (Lipinski definition) is 5. The number of aromatic nitrogens is 2. The van der Waals surface area contributed by atoms with Gasteiger partial charge in [0.15, 0.2) is 0 Å². The molecule has 1 fully saturated rings. The van der Waals surface area contributed by atoms with Crippen LogP contribution in [0, 0.1) is 5.92 Å². The van der Waals surface area contributed by atoms with Crippen molar-refractivity contribution < 1.29 is 9.63 Å². The number of benzene rings is 1. The number of nitrogens with zero attached hydrogens (tertiary/aromatic N) is 3. The third kappa shape index (κ3) is 2.89. The Kier molecular flexibility index (Phi) is 3.80. The molecule has 1 N–H and O–H groups in total. The molecule has 2 heterocycles. The van der Waals surface area contributed by atoms with Crippen LogP contribution in [0.15, 0.2) is 34.9 Å². The van der Waals surface area contributed by atoms with Gasteiger partial charge in [-0.1, -0.05) is 42.4 Å². The summed E-state index contributed by atoms with van der Waals surface area (Å²) in [6, 6.07) is 9.81. The quantitative estimate of drug-likeness (QED) is 0.926. The van der Waals surface area contributed by atoms with Crippen molar-refractivity contribution in [1.29, 1.82) is 0 Å². The van der Waals surface area contributed by atoms with Crippen LogP contribution in [0.4, 0.5) is 0 Å². The Balaban J connectivity index is 1.66. The summed E-state index contributed by atoms with van der Waals surface area (Å²) in [7, 11) is 0. The molecule has 5 heteroatoms. The summed E-state index contributed by atoms with van der Waals surface area (Å²) in [6.07, 6.45) is 0.620. The molecule has 0 saturated carbocycles. The molecule has 0 radical (unpaired) electrons. The zero-order chi connectivity index (χ0) is 13.9. The van der Waals surface area contributed by atoms with Gasteiger partial charge in [0.2, 0.25) is 11.7 Å². The topological polar surface area (TPSA) is 62.4 Å². The molecule has 2 aromatic rings. The van der Waals surface area contributed by atoms with E-state index in [2.05, 4.69) is 22.0 Å². The second kappa shape index (κ2) is 5.73. The van der Waals surface area contributed by atoms with Gasteiger partial charge in [0.25, 0.3) is 0 Å². The average molecular weight is 273 g/mol. The van der Waals surface area contributed by atoms with Gasteiger partial charge in [-0.25, -0.2) is 0 Å². The molecule has 2 atom stereocenters. The fourth-order valence-electron chi connectivity index (χ4n) is 2.58. The van der Waals surface area contributed by atoms with Crippen LogP contribution < -0.4 is 0 Å². The number of piperidine rings is 1. The third-order valence-corrected chi connectivity index (χ3v) is 3.80. The van der Waals surface area contributed by atoms with Crippen molar-refractivity contribution in [1.82, 2.24) is 15.0 Å². The van der Waals surface area contributed by atoms with Crippen LogP contribution in [0.1, 0.15) is 19.2 Å². The van der Waals surface area contributed by atoms with Gasteiger partial charge in [-0.3, -0.25) is 4.90 Å². The van der Waals surface area contributed by atoms with E-state index in [0.717, 1.165) is 25.1 Å². The number of aliphatic hydroxyl groups excluding tert-OH is 1. The second-order valence-electron chi connectivity index (χ2n) is 5.45. The van der Waals surface area contributed by atoms with E-state index in [1.807, 2.05) is 30.3 Å². The normalized spacial score (nSPS) is 23.9.